The van der Waals surface area contributed by atoms with Crippen LogP contribution >= 0.6 is 11.3 Å². The Balaban J connectivity index is 1.60. The molecule has 0 aliphatic heterocycles. The van der Waals surface area contributed by atoms with Gasteiger partial charge >= 0.3 is 0 Å². The van der Waals surface area contributed by atoms with Crippen molar-refractivity contribution in [3.63, 3.8) is 0 Å². The molecule has 25 heavy (non-hydrogen) atoms. The molecule has 7 heteroatoms. The van der Waals surface area contributed by atoms with Gasteiger partial charge in [-0.15, -0.1) is 11.3 Å². The molecule has 0 atom stereocenters. The molecule has 1 aromatic heterocycles. The van der Waals surface area contributed by atoms with Crippen molar-refractivity contribution in [1.29, 1.82) is 0 Å². The van der Waals surface area contributed by atoms with E-state index in [1.807, 2.05) is 17.5 Å². The topological polar surface area (TPSA) is 75.3 Å². The molecule has 1 aromatic carbocycles. The number of hydrogen-bond acceptors (Lipinski definition) is 4. The number of benzene rings is 1. The fraction of sp³-hybridized carbons (Fsp3) is 0.389. The van der Waals surface area contributed by atoms with Gasteiger partial charge in [-0.25, -0.2) is 13.1 Å². The summed E-state index contributed by atoms with van der Waals surface area (Å²) in [5.41, 5.74) is 3.71. The number of nitrogens with one attached hydrogen (secondary N) is 2. The van der Waals surface area contributed by atoms with Crippen molar-refractivity contribution >= 4 is 27.3 Å². The first-order valence-electron chi connectivity index (χ1n) is 8.35. The lowest BCUT2D eigenvalue weighted by molar-refractivity contribution is 0.0950. The molecule has 2 N–H and O–H groups in total. The normalized spacial score (nSPS) is 14.1. The van der Waals surface area contributed by atoms with Gasteiger partial charge in [-0.05, 0) is 49.4 Å². The average molecular weight is 379 g/mol. The number of aryl methyl sites for hydroxylation is 1. The van der Waals surface area contributed by atoms with Crippen molar-refractivity contribution in [3.05, 3.63) is 56.8 Å². The zero-order valence-electron chi connectivity index (χ0n) is 14.2. The van der Waals surface area contributed by atoms with E-state index in [9.17, 15) is 13.2 Å². The number of carbonyl (C=O) groups excluding carboxylic acids is 1. The van der Waals surface area contributed by atoms with Crippen LogP contribution in [-0.4, -0.2) is 21.4 Å². The van der Waals surface area contributed by atoms with Crippen LogP contribution in [0.4, 0.5) is 0 Å². The lowest BCUT2D eigenvalue weighted by atomic mass is 9.95. The molecule has 1 amide bonds. The maximum absolute atomic E-state index is 12.5. The minimum absolute atomic E-state index is 0.0266. The van der Waals surface area contributed by atoms with Gasteiger partial charge < -0.3 is 5.32 Å². The molecule has 2 aromatic rings. The molecular formula is C18H22N2O3S2. The summed E-state index contributed by atoms with van der Waals surface area (Å²) in [5.74, 6) is -0.0711. The van der Waals surface area contributed by atoms with Gasteiger partial charge in [-0.3, -0.25) is 4.79 Å². The molecule has 1 aliphatic carbocycles. The highest BCUT2D eigenvalue weighted by Gasteiger charge is 2.19. The van der Waals surface area contributed by atoms with Crippen molar-refractivity contribution in [2.45, 2.75) is 38.0 Å². The predicted octanol–water partition coefficient (Wildman–Crippen LogP) is 2.61. The quantitative estimate of drug-likeness (QED) is 0.811. The Morgan fingerprint density at radius 2 is 1.80 bits per heavy atom. The fourth-order valence-corrected chi connectivity index (χ4v) is 4.91. The molecule has 1 heterocycles. The van der Waals surface area contributed by atoms with Gasteiger partial charge in [0.1, 0.15) is 0 Å². The monoisotopic (exact) mass is 378 g/mol. The van der Waals surface area contributed by atoms with Crippen LogP contribution in [0.1, 0.15) is 44.8 Å². The molecular weight excluding hydrogens is 356 g/mol. The number of thiophene rings is 1. The Morgan fingerprint density at radius 1 is 1.12 bits per heavy atom. The molecule has 0 fully saturated rings. The first kappa shape index (κ1) is 18.1. The minimum atomic E-state index is -3.27. The third kappa shape index (κ3) is 4.48. The second-order valence-corrected chi connectivity index (χ2v) is 9.11. The Kier molecular flexibility index (Phi) is 5.56. The highest BCUT2D eigenvalue weighted by Crippen LogP contribution is 2.30. The summed E-state index contributed by atoms with van der Waals surface area (Å²) in [6.45, 7) is 0.433. The number of sulfonamides is 1. The highest BCUT2D eigenvalue weighted by molar-refractivity contribution is 7.88. The van der Waals surface area contributed by atoms with E-state index in [0.717, 1.165) is 36.0 Å². The second kappa shape index (κ2) is 7.68. The van der Waals surface area contributed by atoms with E-state index in [-0.39, 0.29) is 11.7 Å². The fourth-order valence-electron chi connectivity index (χ4n) is 3.01. The second-order valence-electron chi connectivity index (χ2n) is 6.22. The van der Waals surface area contributed by atoms with E-state index in [1.165, 1.54) is 23.9 Å². The van der Waals surface area contributed by atoms with E-state index in [1.54, 1.807) is 23.5 Å². The van der Waals surface area contributed by atoms with Gasteiger partial charge in [-0.1, -0.05) is 24.3 Å². The summed E-state index contributed by atoms with van der Waals surface area (Å²) in [7, 11) is -1.86. The SMILES string of the molecule is CNS(=O)(=O)Cc1ccc(CNC(=O)c2csc3c2CCCC3)cc1. The average Bonchev–Trinajstić information content (AvgIpc) is 3.05. The Morgan fingerprint density at radius 3 is 2.52 bits per heavy atom. The van der Waals surface area contributed by atoms with E-state index in [2.05, 4.69) is 10.0 Å². The first-order valence-corrected chi connectivity index (χ1v) is 10.9. The number of hydrogen-bond donors (Lipinski definition) is 2. The summed E-state index contributed by atoms with van der Waals surface area (Å²) < 4.78 is 25.4. The van der Waals surface area contributed by atoms with Crippen molar-refractivity contribution < 1.29 is 13.2 Å². The Labute approximate surface area is 152 Å². The molecule has 0 saturated heterocycles. The predicted molar refractivity (Wildman–Crippen MR) is 100 cm³/mol. The highest BCUT2D eigenvalue weighted by atomic mass is 32.2. The molecule has 3 rings (SSSR count). The molecule has 1 aliphatic rings. The van der Waals surface area contributed by atoms with E-state index in [4.69, 9.17) is 0 Å². The third-order valence-electron chi connectivity index (χ3n) is 4.45. The van der Waals surface area contributed by atoms with Gasteiger partial charge in [0.2, 0.25) is 10.0 Å². The van der Waals surface area contributed by atoms with Crippen molar-refractivity contribution in [1.82, 2.24) is 10.0 Å². The van der Waals surface area contributed by atoms with Crippen molar-refractivity contribution in [2.75, 3.05) is 7.05 Å². The maximum atomic E-state index is 12.5. The van der Waals surface area contributed by atoms with Crippen LogP contribution in [0, 0.1) is 0 Å². The van der Waals surface area contributed by atoms with Crippen LogP contribution < -0.4 is 10.0 Å². The summed E-state index contributed by atoms with van der Waals surface area (Å²) in [4.78, 5) is 13.8. The van der Waals surface area contributed by atoms with Gasteiger partial charge in [0.15, 0.2) is 0 Å². The van der Waals surface area contributed by atoms with Crippen LogP contribution in [0.3, 0.4) is 0 Å². The van der Waals surface area contributed by atoms with Crippen LogP contribution in [0.5, 0.6) is 0 Å². The molecule has 0 saturated carbocycles. The lowest BCUT2D eigenvalue weighted by Gasteiger charge is -2.13. The van der Waals surface area contributed by atoms with Gasteiger partial charge in [-0.2, -0.15) is 0 Å². The van der Waals surface area contributed by atoms with E-state index >= 15 is 0 Å². The molecule has 134 valence electrons. The Bertz CT molecular complexity index is 855. The van der Waals surface area contributed by atoms with Crippen LogP contribution in [-0.2, 0) is 35.2 Å². The Hall–Kier alpha value is -1.70. The van der Waals surface area contributed by atoms with Gasteiger partial charge in [0, 0.05) is 16.8 Å². The van der Waals surface area contributed by atoms with E-state index < -0.39 is 10.0 Å². The first-order chi connectivity index (χ1) is 12.0. The van der Waals surface area contributed by atoms with Crippen molar-refractivity contribution in [2.24, 2.45) is 0 Å². The third-order valence-corrected chi connectivity index (χ3v) is 6.87. The number of carbonyl (C=O) groups is 1. The van der Waals surface area contributed by atoms with Crippen molar-refractivity contribution in [3.8, 4) is 0 Å². The van der Waals surface area contributed by atoms with Gasteiger partial charge in [0.25, 0.3) is 5.91 Å². The maximum Gasteiger partial charge on any atom is 0.252 e. The largest absolute Gasteiger partial charge is 0.348 e. The summed E-state index contributed by atoms with van der Waals surface area (Å²) in [6.07, 6.45) is 4.45. The molecule has 0 unspecified atom stereocenters. The van der Waals surface area contributed by atoms with E-state index in [0.29, 0.717) is 6.54 Å². The van der Waals surface area contributed by atoms with Crippen LogP contribution in [0.2, 0.25) is 0 Å². The number of fused-ring (bicyclic) bond motifs is 1. The van der Waals surface area contributed by atoms with Crippen LogP contribution in [0.25, 0.3) is 0 Å². The molecule has 0 spiro atoms. The number of amides is 1. The lowest BCUT2D eigenvalue weighted by Crippen LogP contribution is -2.24. The summed E-state index contributed by atoms with van der Waals surface area (Å²) in [5, 5.41) is 4.94. The molecule has 0 radical (unpaired) electrons. The van der Waals surface area contributed by atoms with Crippen LogP contribution in [0.15, 0.2) is 29.6 Å². The standard InChI is InChI=1S/C18H22N2O3S2/c1-19-25(22,23)12-14-8-6-13(7-9-14)10-20-18(21)16-11-24-17-5-3-2-4-15(16)17/h6-9,11,19H,2-5,10,12H2,1H3,(H,20,21). The zero-order chi connectivity index (χ0) is 17.9. The number of rotatable bonds is 6. The molecule has 0 bridgehead atoms. The summed E-state index contributed by atoms with van der Waals surface area (Å²) in [6, 6.07) is 7.26. The molecule has 5 nitrogen and oxygen atoms in total. The zero-order valence-corrected chi connectivity index (χ0v) is 15.8. The van der Waals surface area contributed by atoms with Gasteiger partial charge in [0.05, 0.1) is 11.3 Å². The smallest absolute Gasteiger partial charge is 0.252 e. The minimum Gasteiger partial charge on any atom is -0.348 e. The summed E-state index contributed by atoms with van der Waals surface area (Å²) >= 11 is 1.69.